The molecular formula is C21H23N3O. The van der Waals surface area contributed by atoms with Gasteiger partial charge >= 0.3 is 0 Å². The van der Waals surface area contributed by atoms with Crippen molar-refractivity contribution in [3.63, 3.8) is 0 Å². The molecule has 0 spiro atoms. The number of rotatable bonds is 2. The van der Waals surface area contributed by atoms with Gasteiger partial charge in [0.1, 0.15) is 0 Å². The van der Waals surface area contributed by atoms with Crippen LogP contribution in [0.4, 0.5) is 11.4 Å². The third-order valence-corrected chi connectivity index (χ3v) is 5.90. The van der Waals surface area contributed by atoms with Gasteiger partial charge < -0.3 is 15.5 Å². The van der Waals surface area contributed by atoms with Crippen molar-refractivity contribution in [1.82, 2.24) is 5.32 Å². The van der Waals surface area contributed by atoms with Crippen LogP contribution < -0.4 is 15.5 Å². The zero-order chi connectivity index (χ0) is 16.8. The van der Waals surface area contributed by atoms with E-state index in [2.05, 4.69) is 27.7 Å². The molecule has 25 heavy (non-hydrogen) atoms. The fourth-order valence-electron chi connectivity index (χ4n) is 4.77. The number of carbonyl (C=O) groups excluding carboxylic acids is 1. The van der Waals surface area contributed by atoms with Crippen molar-refractivity contribution in [2.45, 2.75) is 18.8 Å². The van der Waals surface area contributed by atoms with Gasteiger partial charge in [-0.05, 0) is 54.2 Å². The Labute approximate surface area is 148 Å². The summed E-state index contributed by atoms with van der Waals surface area (Å²) in [6, 6.07) is 13.9. The molecule has 4 heteroatoms. The lowest BCUT2D eigenvalue weighted by Gasteiger charge is -2.42. The Hall–Kier alpha value is -2.33. The highest BCUT2D eigenvalue weighted by Gasteiger charge is 2.38. The lowest BCUT2D eigenvalue weighted by molar-refractivity contribution is 0.102. The van der Waals surface area contributed by atoms with E-state index in [9.17, 15) is 4.79 Å². The molecule has 1 fully saturated rings. The SMILES string of the molecule is O=C(Nc1cc2c3c(c1)C1CNC[C@@H]1CN3CCC2)c1ccccc1. The third kappa shape index (κ3) is 2.52. The van der Waals surface area contributed by atoms with Crippen LogP contribution in [0.25, 0.3) is 0 Å². The number of anilines is 2. The lowest BCUT2D eigenvalue weighted by Crippen LogP contribution is -2.41. The molecule has 3 heterocycles. The van der Waals surface area contributed by atoms with Gasteiger partial charge in [-0.1, -0.05) is 18.2 Å². The summed E-state index contributed by atoms with van der Waals surface area (Å²) in [6.07, 6.45) is 2.31. The first-order valence-corrected chi connectivity index (χ1v) is 9.28. The maximum atomic E-state index is 12.6. The number of fused-ring (bicyclic) bond motifs is 2. The van der Waals surface area contributed by atoms with Crippen molar-refractivity contribution in [3.05, 3.63) is 59.2 Å². The Bertz CT molecular complexity index is 817. The van der Waals surface area contributed by atoms with Crippen LogP contribution in [-0.2, 0) is 6.42 Å². The number of benzene rings is 2. The summed E-state index contributed by atoms with van der Waals surface area (Å²) in [5.41, 5.74) is 5.93. The molecule has 3 aliphatic rings. The van der Waals surface area contributed by atoms with E-state index < -0.39 is 0 Å². The second-order valence-electron chi connectivity index (χ2n) is 7.47. The van der Waals surface area contributed by atoms with E-state index >= 15 is 0 Å². The molecule has 3 aliphatic heterocycles. The molecule has 2 aromatic rings. The summed E-state index contributed by atoms with van der Waals surface area (Å²) in [5.74, 6) is 1.24. The van der Waals surface area contributed by atoms with Crippen LogP contribution in [-0.4, -0.2) is 32.1 Å². The fraction of sp³-hybridized carbons (Fsp3) is 0.381. The summed E-state index contributed by atoms with van der Waals surface area (Å²) in [7, 11) is 0. The molecule has 1 amide bonds. The standard InChI is InChI=1S/C21H23N3O/c25-21(14-5-2-1-3-6-14)23-17-9-15-7-4-8-24-13-16-11-22-12-19(16)18(10-17)20(15)24/h1-3,5-6,9-10,16,19,22H,4,7-8,11-13H2,(H,23,25)/t16-,19?/m1/s1. The minimum absolute atomic E-state index is 0.0303. The minimum atomic E-state index is -0.0303. The largest absolute Gasteiger partial charge is 0.371 e. The molecule has 1 saturated heterocycles. The normalized spacial score (nSPS) is 23.8. The Morgan fingerprint density at radius 2 is 2.04 bits per heavy atom. The summed E-state index contributed by atoms with van der Waals surface area (Å²) in [4.78, 5) is 15.1. The molecule has 0 aliphatic carbocycles. The van der Waals surface area contributed by atoms with Gasteiger partial charge in [-0.2, -0.15) is 0 Å². The van der Waals surface area contributed by atoms with Crippen molar-refractivity contribution in [2.75, 3.05) is 36.4 Å². The van der Waals surface area contributed by atoms with Crippen molar-refractivity contribution < 1.29 is 4.79 Å². The van der Waals surface area contributed by atoms with Gasteiger partial charge in [0.15, 0.2) is 0 Å². The monoisotopic (exact) mass is 333 g/mol. The molecule has 0 radical (unpaired) electrons. The van der Waals surface area contributed by atoms with Crippen molar-refractivity contribution in [2.24, 2.45) is 5.92 Å². The highest BCUT2D eigenvalue weighted by molar-refractivity contribution is 6.04. The van der Waals surface area contributed by atoms with E-state index in [-0.39, 0.29) is 5.91 Å². The van der Waals surface area contributed by atoms with E-state index in [1.807, 2.05) is 30.3 Å². The number of carbonyl (C=O) groups is 1. The van der Waals surface area contributed by atoms with E-state index in [1.165, 1.54) is 36.3 Å². The Balaban J connectivity index is 1.52. The van der Waals surface area contributed by atoms with Crippen LogP contribution in [0.1, 0.15) is 33.8 Å². The van der Waals surface area contributed by atoms with E-state index in [4.69, 9.17) is 0 Å². The van der Waals surface area contributed by atoms with Crippen LogP contribution in [0.2, 0.25) is 0 Å². The summed E-state index contributed by atoms with van der Waals surface area (Å²) < 4.78 is 0. The average Bonchev–Trinajstić information content (AvgIpc) is 3.11. The quantitative estimate of drug-likeness (QED) is 0.888. The summed E-state index contributed by atoms with van der Waals surface area (Å²) >= 11 is 0. The van der Waals surface area contributed by atoms with Crippen LogP contribution in [0.5, 0.6) is 0 Å². The fourth-order valence-corrected chi connectivity index (χ4v) is 4.77. The smallest absolute Gasteiger partial charge is 0.255 e. The Morgan fingerprint density at radius 3 is 2.92 bits per heavy atom. The molecule has 2 aromatic carbocycles. The molecule has 5 rings (SSSR count). The molecule has 0 bridgehead atoms. The zero-order valence-corrected chi connectivity index (χ0v) is 14.3. The molecule has 0 aromatic heterocycles. The van der Waals surface area contributed by atoms with Crippen LogP contribution in [0.3, 0.4) is 0 Å². The predicted molar refractivity (Wildman–Crippen MR) is 100 cm³/mol. The molecule has 0 saturated carbocycles. The number of nitrogens with one attached hydrogen (secondary N) is 2. The van der Waals surface area contributed by atoms with Gasteiger partial charge in [0, 0.05) is 49.0 Å². The topological polar surface area (TPSA) is 44.4 Å². The summed E-state index contributed by atoms with van der Waals surface area (Å²) in [6.45, 7) is 4.50. The summed E-state index contributed by atoms with van der Waals surface area (Å²) in [5, 5.41) is 6.69. The van der Waals surface area contributed by atoms with Gasteiger partial charge in [-0.3, -0.25) is 4.79 Å². The lowest BCUT2D eigenvalue weighted by atomic mass is 9.80. The van der Waals surface area contributed by atoms with Crippen molar-refractivity contribution >= 4 is 17.3 Å². The van der Waals surface area contributed by atoms with Gasteiger partial charge in [-0.15, -0.1) is 0 Å². The molecular weight excluding hydrogens is 310 g/mol. The van der Waals surface area contributed by atoms with E-state index in [1.54, 1.807) is 0 Å². The molecule has 1 unspecified atom stereocenters. The second-order valence-corrected chi connectivity index (χ2v) is 7.47. The highest BCUT2D eigenvalue weighted by Crippen LogP contribution is 2.45. The van der Waals surface area contributed by atoms with E-state index in [0.717, 1.165) is 25.2 Å². The van der Waals surface area contributed by atoms with Crippen molar-refractivity contribution in [3.8, 4) is 0 Å². The number of nitrogens with zero attached hydrogens (tertiary/aromatic N) is 1. The Kier molecular flexibility index (Phi) is 3.52. The highest BCUT2D eigenvalue weighted by atomic mass is 16.1. The number of hydrogen-bond acceptors (Lipinski definition) is 3. The van der Waals surface area contributed by atoms with Gasteiger partial charge in [0.2, 0.25) is 0 Å². The maximum Gasteiger partial charge on any atom is 0.255 e. The van der Waals surface area contributed by atoms with Crippen LogP contribution >= 0.6 is 0 Å². The molecule has 128 valence electrons. The first kappa shape index (κ1) is 15.0. The Morgan fingerprint density at radius 1 is 1.16 bits per heavy atom. The third-order valence-electron chi connectivity index (χ3n) is 5.90. The number of hydrogen-bond donors (Lipinski definition) is 2. The molecule has 2 atom stereocenters. The van der Waals surface area contributed by atoms with Gasteiger partial charge in [0.25, 0.3) is 5.91 Å². The van der Waals surface area contributed by atoms with Gasteiger partial charge in [-0.25, -0.2) is 0 Å². The van der Waals surface area contributed by atoms with Crippen LogP contribution in [0, 0.1) is 5.92 Å². The number of amides is 1. The predicted octanol–water partition coefficient (Wildman–Crippen LogP) is 3.01. The van der Waals surface area contributed by atoms with Crippen LogP contribution in [0.15, 0.2) is 42.5 Å². The zero-order valence-electron chi connectivity index (χ0n) is 14.3. The maximum absolute atomic E-state index is 12.6. The first-order chi connectivity index (χ1) is 12.3. The van der Waals surface area contributed by atoms with Crippen molar-refractivity contribution in [1.29, 1.82) is 0 Å². The molecule has 4 nitrogen and oxygen atoms in total. The van der Waals surface area contributed by atoms with Gasteiger partial charge in [0.05, 0.1) is 0 Å². The average molecular weight is 333 g/mol. The first-order valence-electron chi connectivity index (χ1n) is 9.28. The minimum Gasteiger partial charge on any atom is -0.371 e. The van der Waals surface area contributed by atoms with E-state index in [0.29, 0.717) is 17.4 Å². The second kappa shape index (κ2) is 5.88. The molecule has 2 N–H and O–H groups in total. The number of aryl methyl sites for hydroxylation is 1.